The first-order valence-corrected chi connectivity index (χ1v) is 10.4. The molecular formula is C19H25N3O5S. The predicted molar refractivity (Wildman–Crippen MR) is 105 cm³/mol. The standard InChI is InChI=1S/C19H25N3O5S/c1-14-18(13-16(20(14)2)19(23)27-4)28(24,25)22-11-9-21(10-12-22)15-7-5-6-8-17(15)26-3/h5-8,13H,9-12H2,1-4H3. The van der Waals surface area contributed by atoms with Crippen LogP contribution in [0.5, 0.6) is 5.75 Å². The Kier molecular flexibility index (Phi) is 5.66. The molecular weight excluding hydrogens is 382 g/mol. The van der Waals surface area contributed by atoms with Gasteiger partial charge in [-0.15, -0.1) is 0 Å². The quantitative estimate of drug-likeness (QED) is 0.701. The Labute approximate surface area is 165 Å². The van der Waals surface area contributed by atoms with Crippen molar-refractivity contribution in [3.63, 3.8) is 0 Å². The second-order valence-corrected chi connectivity index (χ2v) is 8.50. The van der Waals surface area contributed by atoms with Crippen LogP contribution in [0.3, 0.4) is 0 Å². The smallest absolute Gasteiger partial charge is 0.354 e. The number of anilines is 1. The molecule has 152 valence electrons. The van der Waals surface area contributed by atoms with Gasteiger partial charge in [0.1, 0.15) is 16.3 Å². The lowest BCUT2D eigenvalue weighted by Crippen LogP contribution is -2.48. The summed E-state index contributed by atoms with van der Waals surface area (Å²) < 4.78 is 39.5. The average molecular weight is 407 g/mol. The van der Waals surface area contributed by atoms with Gasteiger partial charge in [-0.2, -0.15) is 4.31 Å². The van der Waals surface area contributed by atoms with Crippen LogP contribution < -0.4 is 9.64 Å². The topological polar surface area (TPSA) is 81.1 Å². The Morgan fingerprint density at radius 3 is 2.32 bits per heavy atom. The number of carbonyl (C=O) groups is 1. The number of methoxy groups -OCH3 is 2. The van der Waals surface area contributed by atoms with Crippen molar-refractivity contribution in [3.05, 3.63) is 41.7 Å². The third kappa shape index (κ3) is 3.47. The van der Waals surface area contributed by atoms with E-state index in [1.54, 1.807) is 25.6 Å². The lowest BCUT2D eigenvalue weighted by Gasteiger charge is -2.35. The fourth-order valence-electron chi connectivity index (χ4n) is 3.43. The molecule has 0 unspecified atom stereocenters. The molecule has 2 aromatic rings. The highest BCUT2D eigenvalue weighted by molar-refractivity contribution is 7.89. The van der Waals surface area contributed by atoms with Crippen molar-refractivity contribution in [3.8, 4) is 5.75 Å². The Bertz CT molecular complexity index is 975. The molecule has 0 bridgehead atoms. The maximum atomic E-state index is 13.2. The van der Waals surface area contributed by atoms with Crippen LogP contribution >= 0.6 is 0 Å². The summed E-state index contributed by atoms with van der Waals surface area (Å²) >= 11 is 0. The minimum absolute atomic E-state index is 0.140. The van der Waals surface area contributed by atoms with Crippen LogP contribution in [0, 0.1) is 6.92 Å². The number of piperazine rings is 1. The molecule has 0 radical (unpaired) electrons. The zero-order valence-electron chi connectivity index (χ0n) is 16.5. The first kappa shape index (κ1) is 20.2. The second kappa shape index (κ2) is 7.84. The van der Waals surface area contributed by atoms with Gasteiger partial charge in [0.15, 0.2) is 0 Å². The van der Waals surface area contributed by atoms with Gasteiger partial charge in [0.05, 0.1) is 19.9 Å². The highest BCUT2D eigenvalue weighted by Gasteiger charge is 2.33. The van der Waals surface area contributed by atoms with Crippen LogP contribution in [-0.4, -0.2) is 63.7 Å². The Balaban J connectivity index is 1.81. The van der Waals surface area contributed by atoms with Crippen molar-refractivity contribution in [2.45, 2.75) is 11.8 Å². The minimum atomic E-state index is -3.71. The van der Waals surface area contributed by atoms with Crippen molar-refractivity contribution >= 4 is 21.7 Å². The van der Waals surface area contributed by atoms with Gasteiger partial charge in [-0.3, -0.25) is 0 Å². The van der Waals surface area contributed by atoms with Crippen molar-refractivity contribution < 1.29 is 22.7 Å². The number of ether oxygens (including phenoxy) is 2. The molecule has 1 aliphatic heterocycles. The van der Waals surface area contributed by atoms with Gasteiger partial charge in [0.2, 0.25) is 10.0 Å². The van der Waals surface area contributed by atoms with Crippen LogP contribution in [0.15, 0.2) is 35.2 Å². The van der Waals surface area contributed by atoms with Gasteiger partial charge in [-0.05, 0) is 25.1 Å². The molecule has 1 aromatic heterocycles. The lowest BCUT2D eigenvalue weighted by molar-refractivity contribution is 0.0589. The molecule has 1 aromatic carbocycles. The van der Waals surface area contributed by atoms with Crippen molar-refractivity contribution in [2.75, 3.05) is 45.3 Å². The van der Waals surface area contributed by atoms with Crippen LogP contribution in [0.1, 0.15) is 16.2 Å². The number of benzene rings is 1. The van der Waals surface area contributed by atoms with E-state index < -0.39 is 16.0 Å². The summed E-state index contributed by atoms with van der Waals surface area (Å²) in [4.78, 5) is 14.1. The Morgan fingerprint density at radius 2 is 1.71 bits per heavy atom. The molecule has 1 fully saturated rings. The largest absolute Gasteiger partial charge is 0.495 e. The number of sulfonamides is 1. The highest BCUT2D eigenvalue weighted by atomic mass is 32.2. The molecule has 0 N–H and O–H groups in total. The van der Waals surface area contributed by atoms with Gasteiger partial charge < -0.3 is 18.9 Å². The minimum Gasteiger partial charge on any atom is -0.495 e. The van der Waals surface area contributed by atoms with Crippen LogP contribution in [0.25, 0.3) is 0 Å². The molecule has 2 heterocycles. The van der Waals surface area contributed by atoms with Crippen molar-refractivity contribution in [2.24, 2.45) is 7.05 Å². The zero-order chi connectivity index (χ0) is 20.5. The third-order valence-corrected chi connectivity index (χ3v) is 7.18. The summed E-state index contributed by atoms with van der Waals surface area (Å²) in [7, 11) is 0.838. The van der Waals surface area contributed by atoms with E-state index in [0.29, 0.717) is 31.9 Å². The average Bonchev–Trinajstić information content (AvgIpc) is 3.03. The Hall–Kier alpha value is -2.52. The normalized spacial score (nSPS) is 15.5. The molecule has 0 atom stereocenters. The van der Waals surface area contributed by atoms with E-state index in [9.17, 15) is 13.2 Å². The monoisotopic (exact) mass is 407 g/mol. The van der Waals surface area contributed by atoms with Crippen molar-refractivity contribution in [1.82, 2.24) is 8.87 Å². The zero-order valence-corrected chi connectivity index (χ0v) is 17.3. The number of aromatic nitrogens is 1. The number of rotatable bonds is 5. The van der Waals surface area contributed by atoms with Crippen molar-refractivity contribution in [1.29, 1.82) is 0 Å². The molecule has 1 saturated heterocycles. The van der Waals surface area contributed by atoms with E-state index in [0.717, 1.165) is 11.4 Å². The summed E-state index contributed by atoms with van der Waals surface area (Å²) in [5, 5.41) is 0. The van der Waals surface area contributed by atoms with Gasteiger partial charge in [-0.25, -0.2) is 13.2 Å². The SMILES string of the molecule is COC(=O)c1cc(S(=O)(=O)N2CCN(c3ccccc3OC)CC2)c(C)n1C. The fourth-order valence-corrected chi connectivity index (χ4v) is 5.13. The summed E-state index contributed by atoms with van der Waals surface area (Å²) in [6, 6.07) is 9.08. The van der Waals surface area contributed by atoms with Crippen LogP contribution in [0.4, 0.5) is 5.69 Å². The van der Waals surface area contributed by atoms with E-state index in [1.165, 1.54) is 17.5 Å². The summed E-state index contributed by atoms with van der Waals surface area (Å²) in [6.45, 7) is 3.49. The number of para-hydroxylation sites is 2. The first-order valence-electron chi connectivity index (χ1n) is 8.94. The maximum absolute atomic E-state index is 13.2. The second-order valence-electron chi connectivity index (χ2n) is 6.59. The molecule has 0 amide bonds. The van der Waals surface area contributed by atoms with Crippen LogP contribution in [-0.2, 0) is 21.8 Å². The van der Waals surface area contributed by atoms with Gasteiger partial charge in [-0.1, -0.05) is 12.1 Å². The molecule has 0 spiro atoms. The summed E-state index contributed by atoms with van der Waals surface area (Å²) in [5.74, 6) is 0.202. The highest BCUT2D eigenvalue weighted by Crippen LogP contribution is 2.30. The van der Waals surface area contributed by atoms with E-state index in [-0.39, 0.29) is 10.6 Å². The number of hydrogen-bond acceptors (Lipinski definition) is 6. The van der Waals surface area contributed by atoms with Gasteiger partial charge in [0, 0.05) is 38.9 Å². The lowest BCUT2D eigenvalue weighted by atomic mass is 10.2. The Morgan fingerprint density at radius 1 is 1.07 bits per heavy atom. The van der Waals surface area contributed by atoms with E-state index in [1.807, 2.05) is 24.3 Å². The predicted octanol–water partition coefficient (Wildman–Crippen LogP) is 1.64. The molecule has 1 aliphatic rings. The molecule has 28 heavy (non-hydrogen) atoms. The number of nitrogens with zero attached hydrogens (tertiary/aromatic N) is 3. The third-order valence-electron chi connectivity index (χ3n) is 5.17. The molecule has 0 aliphatic carbocycles. The molecule has 8 nitrogen and oxygen atoms in total. The van der Waals surface area contributed by atoms with E-state index >= 15 is 0 Å². The molecule has 9 heteroatoms. The maximum Gasteiger partial charge on any atom is 0.354 e. The van der Waals surface area contributed by atoms with Crippen LogP contribution in [0.2, 0.25) is 0 Å². The van der Waals surface area contributed by atoms with E-state index in [2.05, 4.69) is 4.90 Å². The first-order chi connectivity index (χ1) is 13.3. The summed E-state index contributed by atoms with van der Waals surface area (Å²) in [5.41, 5.74) is 1.67. The number of esters is 1. The molecule has 0 saturated carbocycles. The number of carbonyl (C=O) groups excluding carboxylic acids is 1. The fraction of sp³-hybridized carbons (Fsp3) is 0.421. The van der Waals surface area contributed by atoms with E-state index in [4.69, 9.17) is 9.47 Å². The molecule has 3 rings (SSSR count). The van der Waals surface area contributed by atoms with Gasteiger partial charge >= 0.3 is 5.97 Å². The van der Waals surface area contributed by atoms with Gasteiger partial charge in [0.25, 0.3) is 0 Å². The summed E-state index contributed by atoms with van der Waals surface area (Å²) in [6.07, 6.45) is 0. The number of hydrogen-bond donors (Lipinski definition) is 0.